The van der Waals surface area contributed by atoms with Crippen LogP contribution in [-0.2, 0) is 9.53 Å². The fourth-order valence-corrected chi connectivity index (χ4v) is 2.42. The summed E-state index contributed by atoms with van der Waals surface area (Å²) in [6.07, 6.45) is 10.1. The van der Waals surface area contributed by atoms with E-state index in [4.69, 9.17) is 4.74 Å². The topological polar surface area (TPSA) is 50.4 Å². The molecule has 0 aliphatic heterocycles. The minimum absolute atomic E-state index is 0. The average Bonchev–Trinajstić information content (AvgIpc) is 2.68. The number of ether oxygens (including phenoxy) is 1. The molecule has 0 unspecified atom stereocenters. The average molecular weight is 307 g/mol. The van der Waals surface area contributed by atoms with Gasteiger partial charge in [0.15, 0.2) is 0 Å². The van der Waals surface area contributed by atoms with Crippen LogP contribution in [0.1, 0.15) is 58.3 Å². The van der Waals surface area contributed by atoms with Crippen LogP contribution in [0.4, 0.5) is 0 Å². The third-order valence-corrected chi connectivity index (χ3v) is 3.61. The zero-order valence-electron chi connectivity index (χ0n) is 12.8. The lowest BCUT2D eigenvalue weighted by atomic mass is 10.1. The van der Waals surface area contributed by atoms with Crippen LogP contribution in [0.15, 0.2) is 0 Å². The summed E-state index contributed by atoms with van der Waals surface area (Å²) in [7, 11) is 0. The molecule has 0 bridgehead atoms. The van der Waals surface area contributed by atoms with Crippen molar-refractivity contribution in [2.24, 2.45) is 0 Å². The number of halogens is 1. The van der Waals surface area contributed by atoms with E-state index < -0.39 is 0 Å². The number of unbranched alkanes of at least 4 members (excludes halogenated alkanes) is 1. The first-order valence-corrected chi connectivity index (χ1v) is 7.90. The van der Waals surface area contributed by atoms with Gasteiger partial charge < -0.3 is 15.4 Å². The van der Waals surface area contributed by atoms with Crippen molar-refractivity contribution in [2.45, 2.75) is 64.3 Å². The van der Waals surface area contributed by atoms with Crippen molar-refractivity contribution in [3.8, 4) is 0 Å². The molecule has 2 N–H and O–H groups in total. The van der Waals surface area contributed by atoms with Gasteiger partial charge in [-0.3, -0.25) is 4.79 Å². The molecule has 20 heavy (non-hydrogen) atoms. The van der Waals surface area contributed by atoms with E-state index in [0.29, 0.717) is 19.2 Å². The minimum Gasteiger partial charge on any atom is -0.372 e. The minimum atomic E-state index is -0.00114. The normalized spacial score (nSPS) is 16.2. The van der Waals surface area contributed by atoms with Crippen LogP contribution in [0.25, 0.3) is 0 Å². The number of carbonyl (C=O) groups is 1. The van der Waals surface area contributed by atoms with Crippen molar-refractivity contribution in [3.63, 3.8) is 0 Å². The number of carbonyl (C=O) groups excluding carboxylic acids is 1. The van der Waals surface area contributed by atoms with Gasteiger partial charge in [0.25, 0.3) is 0 Å². The predicted octanol–water partition coefficient (Wildman–Crippen LogP) is 2.65. The lowest BCUT2D eigenvalue weighted by Gasteiger charge is -2.16. The zero-order valence-corrected chi connectivity index (χ0v) is 13.6. The van der Waals surface area contributed by atoms with Crippen LogP contribution in [0.2, 0.25) is 0 Å². The summed E-state index contributed by atoms with van der Waals surface area (Å²) >= 11 is 0. The fraction of sp³-hybridized carbons (Fsp3) is 0.933. The molecule has 1 aliphatic carbocycles. The van der Waals surface area contributed by atoms with Crippen LogP contribution in [0, 0.1) is 0 Å². The van der Waals surface area contributed by atoms with Crippen molar-refractivity contribution in [1.82, 2.24) is 10.6 Å². The Hall–Kier alpha value is -0.320. The Bertz CT molecular complexity index is 232. The van der Waals surface area contributed by atoms with Crippen LogP contribution in [-0.4, -0.2) is 38.3 Å². The lowest BCUT2D eigenvalue weighted by Crippen LogP contribution is -2.38. The maximum absolute atomic E-state index is 11.4. The van der Waals surface area contributed by atoms with Crippen molar-refractivity contribution in [2.75, 3.05) is 26.3 Å². The third-order valence-electron chi connectivity index (χ3n) is 3.61. The fourth-order valence-electron chi connectivity index (χ4n) is 2.42. The second-order valence-corrected chi connectivity index (χ2v) is 5.40. The predicted molar refractivity (Wildman–Crippen MR) is 85.5 cm³/mol. The molecule has 0 aromatic rings. The Balaban J connectivity index is 0.00000361. The van der Waals surface area contributed by atoms with Crippen LogP contribution in [0.5, 0.6) is 0 Å². The first-order valence-electron chi connectivity index (χ1n) is 7.90. The molecule has 0 radical (unpaired) electrons. The highest BCUT2D eigenvalue weighted by molar-refractivity contribution is 5.85. The summed E-state index contributed by atoms with van der Waals surface area (Å²) in [6, 6.07) is 0.653. The van der Waals surface area contributed by atoms with Gasteiger partial charge in [-0.25, -0.2) is 0 Å². The summed E-state index contributed by atoms with van der Waals surface area (Å²) < 4.78 is 5.27. The summed E-state index contributed by atoms with van der Waals surface area (Å²) in [6.45, 7) is 4.56. The zero-order chi connectivity index (χ0) is 13.8. The van der Waals surface area contributed by atoms with Gasteiger partial charge in [-0.1, -0.05) is 39.0 Å². The molecule has 0 saturated heterocycles. The van der Waals surface area contributed by atoms with Crippen molar-refractivity contribution >= 4 is 18.3 Å². The highest BCUT2D eigenvalue weighted by atomic mass is 35.5. The maximum Gasteiger partial charge on any atom is 0.246 e. The molecule has 0 heterocycles. The lowest BCUT2D eigenvalue weighted by molar-refractivity contribution is -0.125. The molecule has 0 aromatic carbocycles. The van der Waals surface area contributed by atoms with Gasteiger partial charge in [-0.15, -0.1) is 12.4 Å². The van der Waals surface area contributed by atoms with Crippen molar-refractivity contribution < 1.29 is 9.53 Å². The number of nitrogens with one attached hydrogen (secondary N) is 2. The standard InChI is InChI=1S/C15H30N2O2.ClH/c1-2-3-12-19-13-15(18)17-11-10-16-14-8-6-4-5-7-9-14;/h14,16H,2-13H2,1H3,(H,17,18);1H. The third kappa shape index (κ3) is 10.5. The number of rotatable bonds is 9. The van der Waals surface area contributed by atoms with Gasteiger partial charge in [0.05, 0.1) is 0 Å². The molecule has 0 atom stereocenters. The van der Waals surface area contributed by atoms with E-state index in [1.807, 2.05) is 0 Å². The Morgan fingerprint density at radius 3 is 2.50 bits per heavy atom. The van der Waals surface area contributed by atoms with Gasteiger partial charge in [0.1, 0.15) is 6.61 Å². The number of hydrogen-bond donors (Lipinski definition) is 2. The smallest absolute Gasteiger partial charge is 0.246 e. The Morgan fingerprint density at radius 1 is 1.15 bits per heavy atom. The van der Waals surface area contributed by atoms with E-state index in [9.17, 15) is 4.79 Å². The molecule has 1 saturated carbocycles. The van der Waals surface area contributed by atoms with Crippen LogP contribution >= 0.6 is 12.4 Å². The van der Waals surface area contributed by atoms with E-state index in [1.54, 1.807) is 0 Å². The van der Waals surface area contributed by atoms with Gasteiger partial charge in [0.2, 0.25) is 5.91 Å². The number of amides is 1. The second-order valence-electron chi connectivity index (χ2n) is 5.40. The molecule has 1 aliphatic rings. The monoisotopic (exact) mass is 306 g/mol. The van der Waals surface area contributed by atoms with Crippen LogP contribution in [0.3, 0.4) is 0 Å². The first kappa shape index (κ1) is 19.7. The molecule has 120 valence electrons. The second kappa shape index (κ2) is 13.7. The SMILES string of the molecule is CCCCOCC(=O)NCCNC1CCCCCC1.Cl. The Morgan fingerprint density at radius 2 is 1.85 bits per heavy atom. The highest BCUT2D eigenvalue weighted by Gasteiger charge is 2.10. The summed E-state index contributed by atoms with van der Waals surface area (Å²) in [5.41, 5.74) is 0. The van der Waals surface area contributed by atoms with Crippen molar-refractivity contribution in [1.29, 1.82) is 0 Å². The molecule has 1 rings (SSSR count). The molecule has 0 aromatic heterocycles. The van der Waals surface area contributed by atoms with Crippen molar-refractivity contribution in [3.05, 3.63) is 0 Å². The first-order chi connectivity index (χ1) is 9.33. The molecule has 4 nitrogen and oxygen atoms in total. The molecule has 0 spiro atoms. The highest BCUT2D eigenvalue weighted by Crippen LogP contribution is 2.16. The molecule has 1 amide bonds. The van der Waals surface area contributed by atoms with Crippen LogP contribution < -0.4 is 10.6 Å². The summed E-state index contributed by atoms with van der Waals surface area (Å²) in [5, 5.41) is 6.43. The summed E-state index contributed by atoms with van der Waals surface area (Å²) in [4.78, 5) is 11.4. The largest absolute Gasteiger partial charge is 0.372 e. The van der Waals surface area contributed by atoms with E-state index in [2.05, 4.69) is 17.6 Å². The maximum atomic E-state index is 11.4. The molecule has 5 heteroatoms. The van der Waals surface area contributed by atoms with E-state index in [-0.39, 0.29) is 24.9 Å². The van der Waals surface area contributed by atoms with Gasteiger partial charge >= 0.3 is 0 Å². The Kier molecular flexibility index (Phi) is 13.4. The quantitative estimate of drug-likeness (QED) is 0.508. The van der Waals surface area contributed by atoms with Gasteiger partial charge in [-0.2, -0.15) is 0 Å². The molecular formula is C15H31ClN2O2. The Labute approximate surface area is 129 Å². The summed E-state index contributed by atoms with van der Waals surface area (Å²) in [5.74, 6) is -0.00114. The number of hydrogen-bond acceptors (Lipinski definition) is 3. The van der Waals surface area contributed by atoms with E-state index in [1.165, 1.54) is 38.5 Å². The van der Waals surface area contributed by atoms with E-state index >= 15 is 0 Å². The van der Waals surface area contributed by atoms with Gasteiger partial charge in [-0.05, 0) is 19.3 Å². The van der Waals surface area contributed by atoms with Gasteiger partial charge in [0, 0.05) is 25.7 Å². The molecule has 1 fully saturated rings. The molecular weight excluding hydrogens is 276 g/mol. The van der Waals surface area contributed by atoms with E-state index in [0.717, 1.165) is 19.4 Å².